The van der Waals surface area contributed by atoms with E-state index in [9.17, 15) is 14.4 Å². The fourth-order valence-electron chi connectivity index (χ4n) is 4.17. The van der Waals surface area contributed by atoms with Crippen LogP contribution in [0.25, 0.3) is 0 Å². The zero-order valence-electron chi connectivity index (χ0n) is 18.6. The normalized spacial score (nSPS) is 20.0. The molecule has 4 amide bonds. The molecule has 2 aromatic carbocycles. The number of carbonyl (C=O) groups is 3. The highest BCUT2D eigenvalue weighted by Crippen LogP contribution is 2.30. The Morgan fingerprint density at radius 1 is 1.06 bits per heavy atom. The quantitative estimate of drug-likeness (QED) is 0.731. The molecular weight excluding hydrogens is 404 g/mol. The highest BCUT2D eigenvalue weighted by Gasteiger charge is 2.49. The van der Waals surface area contributed by atoms with E-state index in [1.165, 1.54) is 5.56 Å². The van der Waals surface area contributed by atoms with Gasteiger partial charge in [-0.2, -0.15) is 0 Å². The first-order valence-electron chi connectivity index (χ1n) is 10.9. The molecule has 0 saturated carbocycles. The van der Waals surface area contributed by atoms with Gasteiger partial charge in [0.25, 0.3) is 11.8 Å². The van der Waals surface area contributed by atoms with Crippen molar-refractivity contribution in [3.8, 4) is 0 Å². The standard InChI is InChI=1S/C25H28N4O3/c1-4-5-6-17-9-11-18(12-10-17)26-23(30)20-15-28(3)22-21(20)27-25(32)29(24(22)31)19-13-7-16(2)8-14-19/h7-15,21-22H,4-6H2,1-3H3,(H,26,30)(H,27,32). The van der Waals surface area contributed by atoms with Crippen molar-refractivity contribution in [1.82, 2.24) is 10.2 Å². The topological polar surface area (TPSA) is 81.8 Å². The molecule has 2 aromatic rings. The first-order valence-corrected chi connectivity index (χ1v) is 10.9. The minimum absolute atomic E-state index is 0.331. The molecule has 0 bridgehead atoms. The molecule has 2 heterocycles. The van der Waals surface area contributed by atoms with E-state index in [0.29, 0.717) is 16.9 Å². The van der Waals surface area contributed by atoms with Crippen LogP contribution < -0.4 is 15.5 Å². The highest BCUT2D eigenvalue weighted by molar-refractivity contribution is 6.20. The van der Waals surface area contributed by atoms with Crippen molar-refractivity contribution in [2.24, 2.45) is 0 Å². The molecule has 4 rings (SSSR count). The van der Waals surface area contributed by atoms with E-state index in [0.717, 1.165) is 29.7 Å². The maximum absolute atomic E-state index is 13.2. The second-order valence-corrected chi connectivity index (χ2v) is 8.39. The molecular formula is C25H28N4O3. The molecule has 1 saturated heterocycles. The van der Waals surface area contributed by atoms with Crippen LogP contribution in [-0.4, -0.2) is 41.9 Å². The summed E-state index contributed by atoms with van der Waals surface area (Å²) in [4.78, 5) is 41.9. The van der Waals surface area contributed by atoms with Crippen molar-refractivity contribution >= 4 is 29.2 Å². The van der Waals surface area contributed by atoms with E-state index in [1.807, 2.05) is 43.3 Å². The van der Waals surface area contributed by atoms with Crippen LogP contribution in [0.2, 0.25) is 0 Å². The lowest BCUT2D eigenvalue weighted by atomic mass is 9.99. The van der Waals surface area contributed by atoms with Crippen molar-refractivity contribution in [1.29, 1.82) is 0 Å². The van der Waals surface area contributed by atoms with Gasteiger partial charge in [0.1, 0.15) is 6.04 Å². The number of unbranched alkanes of at least 4 members (excludes halogenated alkanes) is 1. The minimum atomic E-state index is -0.703. The van der Waals surface area contributed by atoms with E-state index >= 15 is 0 Å². The van der Waals surface area contributed by atoms with Crippen molar-refractivity contribution in [2.75, 3.05) is 17.3 Å². The lowest BCUT2D eigenvalue weighted by molar-refractivity contribution is -0.122. The van der Waals surface area contributed by atoms with Gasteiger partial charge in [0.2, 0.25) is 0 Å². The van der Waals surface area contributed by atoms with Gasteiger partial charge in [0, 0.05) is 18.9 Å². The fourth-order valence-corrected chi connectivity index (χ4v) is 4.17. The summed E-state index contributed by atoms with van der Waals surface area (Å²) in [5.41, 5.74) is 3.81. The number of anilines is 2. The van der Waals surface area contributed by atoms with Gasteiger partial charge in [-0.3, -0.25) is 9.59 Å². The van der Waals surface area contributed by atoms with Crippen molar-refractivity contribution in [3.63, 3.8) is 0 Å². The Balaban J connectivity index is 1.49. The molecule has 2 unspecified atom stereocenters. The molecule has 0 aliphatic carbocycles. The number of nitrogens with zero attached hydrogens (tertiary/aromatic N) is 2. The molecule has 32 heavy (non-hydrogen) atoms. The summed E-state index contributed by atoms with van der Waals surface area (Å²) in [6.45, 7) is 4.10. The number of rotatable bonds is 6. The number of likely N-dealkylation sites (N-methyl/N-ethyl adjacent to an activating group) is 1. The van der Waals surface area contributed by atoms with Crippen LogP contribution in [-0.2, 0) is 16.0 Å². The van der Waals surface area contributed by atoms with Crippen molar-refractivity contribution in [3.05, 3.63) is 71.4 Å². The van der Waals surface area contributed by atoms with E-state index in [4.69, 9.17) is 0 Å². The summed E-state index contributed by atoms with van der Waals surface area (Å²) < 4.78 is 0. The number of nitrogens with one attached hydrogen (secondary N) is 2. The summed E-state index contributed by atoms with van der Waals surface area (Å²) in [5.74, 6) is -0.688. The first-order chi connectivity index (χ1) is 15.4. The lowest BCUT2D eigenvalue weighted by Crippen LogP contribution is -2.65. The number of fused-ring (bicyclic) bond motifs is 1. The van der Waals surface area contributed by atoms with Crippen LogP contribution in [0.1, 0.15) is 30.9 Å². The Labute approximate surface area is 188 Å². The zero-order chi connectivity index (χ0) is 22.8. The minimum Gasteiger partial charge on any atom is -0.366 e. The predicted octanol–water partition coefficient (Wildman–Crippen LogP) is 3.60. The smallest absolute Gasteiger partial charge is 0.329 e. The van der Waals surface area contributed by atoms with E-state index in [2.05, 4.69) is 17.6 Å². The molecule has 7 nitrogen and oxygen atoms in total. The van der Waals surface area contributed by atoms with Crippen LogP contribution in [0.15, 0.2) is 60.3 Å². The largest absolute Gasteiger partial charge is 0.366 e. The zero-order valence-corrected chi connectivity index (χ0v) is 18.6. The molecule has 1 fully saturated rings. The Bertz CT molecular complexity index is 1060. The number of hydrogen-bond acceptors (Lipinski definition) is 4. The second kappa shape index (κ2) is 8.86. The van der Waals surface area contributed by atoms with Crippen molar-refractivity contribution < 1.29 is 14.4 Å². The van der Waals surface area contributed by atoms with Crippen LogP contribution in [0.3, 0.4) is 0 Å². The van der Waals surface area contributed by atoms with Crippen molar-refractivity contribution in [2.45, 2.75) is 45.2 Å². The molecule has 0 radical (unpaired) electrons. The average Bonchev–Trinajstić information content (AvgIpc) is 3.11. The van der Waals surface area contributed by atoms with E-state index in [1.54, 1.807) is 30.3 Å². The van der Waals surface area contributed by atoms with Gasteiger partial charge >= 0.3 is 6.03 Å². The van der Waals surface area contributed by atoms with Gasteiger partial charge in [-0.1, -0.05) is 43.2 Å². The Morgan fingerprint density at radius 3 is 2.41 bits per heavy atom. The number of urea groups is 1. The van der Waals surface area contributed by atoms with Gasteiger partial charge in [-0.15, -0.1) is 0 Å². The summed E-state index contributed by atoms with van der Waals surface area (Å²) in [6.07, 6.45) is 4.91. The third kappa shape index (κ3) is 4.10. The van der Waals surface area contributed by atoms with Gasteiger partial charge < -0.3 is 15.5 Å². The first kappa shape index (κ1) is 21.6. The number of carbonyl (C=O) groups excluding carboxylic acids is 3. The van der Waals surface area contributed by atoms with Gasteiger partial charge in [0.15, 0.2) is 0 Å². The van der Waals surface area contributed by atoms with Gasteiger partial charge in [-0.05, 0) is 49.6 Å². The summed E-state index contributed by atoms with van der Waals surface area (Å²) in [5, 5.41) is 5.74. The number of aryl methyl sites for hydroxylation is 2. The summed E-state index contributed by atoms with van der Waals surface area (Å²) >= 11 is 0. The third-order valence-electron chi connectivity index (χ3n) is 5.97. The third-order valence-corrected chi connectivity index (χ3v) is 5.97. The van der Waals surface area contributed by atoms with Gasteiger partial charge in [-0.25, -0.2) is 9.69 Å². The Morgan fingerprint density at radius 2 is 1.75 bits per heavy atom. The lowest BCUT2D eigenvalue weighted by Gasteiger charge is -2.37. The molecule has 166 valence electrons. The van der Waals surface area contributed by atoms with E-state index in [-0.39, 0.29) is 11.8 Å². The Kier molecular flexibility index (Phi) is 5.99. The second-order valence-electron chi connectivity index (χ2n) is 8.39. The molecule has 7 heteroatoms. The number of imide groups is 1. The molecule has 2 aliphatic rings. The van der Waals surface area contributed by atoms with Gasteiger partial charge in [0.05, 0.1) is 17.3 Å². The summed E-state index contributed by atoms with van der Waals surface area (Å²) in [6, 6.07) is 13.1. The van der Waals surface area contributed by atoms with Crippen LogP contribution in [0, 0.1) is 6.92 Å². The SMILES string of the molecule is CCCCc1ccc(NC(=O)C2=CN(C)C3C(=O)N(c4ccc(C)cc4)C(=O)NC23)cc1. The Hall–Kier alpha value is -3.61. The monoisotopic (exact) mass is 432 g/mol. The predicted molar refractivity (Wildman–Crippen MR) is 124 cm³/mol. The number of benzene rings is 2. The molecule has 2 aliphatic heterocycles. The molecule has 2 atom stereocenters. The van der Waals surface area contributed by atoms with E-state index < -0.39 is 18.1 Å². The summed E-state index contributed by atoms with van der Waals surface area (Å²) in [7, 11) is 1.74. The molecule has 0 spiro atoms. The molecule has 2 N–H and O–H groups in total. The number of hydrogen-bond donors (Lipinski definition) is 2. The highest BCUT2D eigenvalue weighted by atomic mass is 16.2. The maximum Gasteiger partial charge on any atom is 0.329 e. The fraction of sp³-hybridized carbons (Fsp3) is 0.320. The van der Waals surface area contributed by atoms with Crippen LogP contribution in [0.5, 0.6) is 0 Å². The van der Waals surface area contributed by atoms with Crippen LogP contribution in [0.4, 0.5) is 16.2 Å². The number of amides is 4. The van der Waals surface area contributed by atoms with Crippen LogP contribution >= 0.6 is 0 Å². The maximum atomic E-state index is 13.2. The molecule has 0 aromatic heterocycles. The average molecular weight is 433 g/mol.